The van der Waals surface area contributed by atoms with Crippen molar-refractivity contribution in [3.63, 3.8) is 0 Å². The van der Waals surface area contributed by atoms with E-state index in [1.165, 1.54) is 5.56 Å². The van der Waals surface area contributed by atoms with E-state index in [0.717, 1.165) is 30.9 Å². The molecular weight excluding hydrogens is 284 g/mol. The molecule has 1 heterocycles. The molecule has 0 saturated heterocycles. The van der Waals surface area contributed by atoms with Crippen LogP contribution < -0.4 is 15.4 Å². The zero-order valence-electron chi connectivity index (χ0n) is 12.3. The molecule has 0 aliphatic carbocycles. The summed E-state index contributed by atoms with van der Waals surface area (Å²) in [7, 11) is 1.64. The molecule has 0 radical (unpaired) electrons. The van der Waals surface area contributed by atoms with E-state index in [1.807, 2.05) is 48.3 Å². The topological polar surface area (TPSA) is 51.1 Å². The number of methoxy groups -OCH3 is 1. The molecule has 1 aromatic carbocycles. The molecule has 2 rings (SSSR count). The number of aryl methyl sites for hydroxylation is 2. The average molecular weight is 304 g/mol. The SMILES string of the molecule is COc1ccccc1NC(=S)NCCCn1cc(C)cn1. The summed E-state index contributed by atoms with van der Waals surface area (Å²) in [5.74, 6) is 0.772. The highest BCUT2D eigenvalue weighted by atomic mass is 32.1. The van der Waals surface area contributed by atoms with E-state index in [0.29, 0.717) is 5.11 Å². The van der Waals surface area contributed by atoms with Gasteiger partial charge in [-0.1, -0.05) is 12.1 Å². The number of nitrogens with zero attached hydrogens (tertiary/aromatic N) is 2. The van der Waals surface area contributed by atoms with Crippen molar-refractivity contribution in [2.45, 2.75) is 19.9 Å². The molecule has 2 aromatic rings. The highest BCUT2D eigenvalue weighted by molar-refractivity contribution is 7.80. The Bertz CT molecular complexity index is 597. The number of aromatic nitrogens is 2. The zero-order chi connectivity index (χ0) is 15.1. The highest BCUT2D eigenvalue weighted by Gasteiger charge is 2.03. The molecule has 5 nitrogen and oxygen atoms in total. The van der Waals surface area contributed by atoms with E-state index < -0.39 is 0 Å². The Kier molecular flexibility index (Phi) is 5.57. The Hall–Kier alpha value is -2.08. The summed E-state index contributed by atoms with van der Waals surface area (Å²) < 4.78 is 7.21. The van der Waals surface area contributed by atoms with Gasteiger partial charge in [-0.15, -0.1) is 0 Å². The second-order valence-corrected chi connectivity index (χ2v) is 5.12. The van der Waals surface area contributed by atoms with Gasteiger partial charge in [0.25, 0.3) is 0 Å². The first kappa shape index (κ1) is 15.3. The van der Waals surface area contributed by atoms with E-state index in [2.05, 4.69) is 15.7 Å². The zero-order valence-corrected chi connectivity index (χ0v) is 13.1. The summed E-state index contributed by atoms with van der Waals surface area (Å²) in [5.41, 5.74) is 2.04. The van der Waals surface area contributed by atoms with Crippen molar-refractivity contribution in [2.75, 3.05) is 19.0 Å². The van der Waals surface area contributed by atoms with Crippen LogP contribution in [0.4, 0.5) is 5.69 Å². The van der Waals surface area contributed by atoms with Gasteiger partial charge in [0.2, 0.25) is 0 Å². The number of thiocarbonyl (C=S) groups is 1. The molecule has 0 aliphatic rings. The van der Waals surface area contributed by atoms with Crippen molar-refractivity contribution in [3.8, 4) is 5.75 Å². The fourth-order valence-corrected chi connectivity index (χ4v) is 2.16. The number of anilines is 1. The maximum absolute atomic E-state index is 5.28. The summed E-state index contributed by atoms with van der Waals surface area (Å²) in [6.07, 6.45) is 4.85. The van der Waals surface area contributed by atoms with Crippen LogP contribution in [0, 0.1) is 6.92 Å². The number of nitrogens with one attached hydrogen (secondary N) is 2. The van der Waals surface area contributed by atoms with Gasteiger partial charge in [0, 0.05) is 19.3 Å². The molecule has 0 bridgehead atoms. The number of para-hydroxylation sites is 2. The van der Waals surface area contributed by atoms with Crippen molar-refractivity contribution in [1.82, 2.24) is 15.1 Å². The van der Waals surface area contributed by atoms with Gasteiger partial charge in [0.05, 0.1) is 19.0 Å². The maximum atomic E-state index is 5.28. The lowest BCUT2D eigenvalue weighted by Gasteiger charge is -2.13. The average Bonchev–Trinajstić information content (AvgIpc) is 2.90. The minimum atomic E-state index is 0.594. The minimum absolute atomic E-state index is 0.594. The van der Waals surface area contributed by atoms with Crippen LogP contribution in [0.15, 0.2) is 36.7 Å². The third-order valence-corrected chi connectivity index (χ3v) is 3.21. The Morgan fingerprint density at radius 3 is 2.90 bits per heavy atom. The van der Waals surface area contributed by atoms with Crippen LogP contribution in [0.3, 0.4) is 0 Å². The lowest BCUT2D eigenvalue weighted by molar-refractivity contribution is 0.417. The van der Waals surface area contributed by atoms with Gasteiger partial charge >= 0.3 is 0 Å². The Balaban J connectivity index is 1.72. The van der Waals surface area contributed by atoms with E-state index in [4.69, 9.17) is 17.0 Å². The van der Waals surface area contributed by atoms with Crippen LogP contribution in [-0.2, 0) is 6.54 Å². The van der Waals surface area contributed by atoms with Crippen LogP contribution in [-0.4, -0.2) is 28.5 Å². The lowest BCUT2D eigenvalue weighted by atomic mass is 10.3. The normalized spacial score (nSPS) is 10.2. The molecule has 0 atom stereocenters. The third-order valence-electron chi connectivity index (χ3n) is 2.97. The van der Waals surface area contributed by atoms with Gasteiger partial charge in [-0.05, 0) is 43.3 Å². The van der Waals surface area contributed by atoms with Gasteiger partial charge < -0.3 is 15.4 Å². The van der Waals surface area contributed by atoms with Gasteiger partial charge in [-0.25, -0.2) is 0 Å². The molecule has 0 unspecified atom stereocenters. The molecule has 0 spiro atoms. The standard InChI is InChI=1S/C15H20N4OS/c1-12-10-17-19(11-12)9-5-8-16-15(21)18-13-6-3-4-7-14(13)20-2/h3-4,6-7,10-11H,5,8-9H2,1-2H3,(H2,16,18,21). The number of hydrogen-bond acceptors (Lipinski definition) is 3. The van der Waals surface area contributed by atoms with Gasteiger partial charge in [0.1, 0.15) is 5.75 Å². The second kappa shape index (κ2) is 7.64. The maximum Gasteiger partial charge on any atom is 0.170 e. The van der Waals surface area contributed by atoms with Crippen molar-refractivity contribution in [3.05, 3.63) is 42.2 Å². The predicted octanol–water partition coefficient (Wildman–Crippen LogP) is 2.58. The minimum Gasteiger partial charge on any atom is -0.495 e. The van der Waals surface area contributed by atoms with Crippen LogP contribution in [0.1, 0.15) is 12.0 Å². The molecule has 0 amide bonds. The largest absolute Gasteiger partial charge is 0.495 e. The van der Waals surface area contributed by atoms with Crippen LogP contribution >= 0.6 is 12.2 Å². The summed E-state index contributed by atoms with van der Waals surface area (Å²) in [4.78, 5) is 0. The van der Waals surface area contributed by atoms with Gasteiger partial charge in [-0.2, -0.15) is 5.10 Å². The molecule has 0 fully saturated rings. The Morgan fingerprint density at radius 1 is 1.38 bits per heavy atom. The molecular formula is C15H20N4OS. The molecule has 112 valence electrons. The first-order chi connectivity index (χ1) is 10.2. The van der Waals surface area contributed by atoms with E-state index in [-0.39, 0.29) is 0 Å². The Morgan fingerprint density at radius 2 is 2.19 bits per heavy atom. The fourth-order valence-electron chi connectivity index (χ4n) is 1.95. The van der Waals surface area contributed by atoms with Crippen LogP contribution in [0.25, 0.3) is 0 Å². The first-order valence-corrected chi connectivity index (χ1v) is 7.27. The van der Waals surface area contributed by atoms with E-state index in [1.54, 1.807) is 7.11 Å². The molecule has 21 heavy (non-hydrogen) atoms. The summed E-state index contributed by atoms with van der Waals surface area (Å²) in [5, 5.41) is 11.2. The number of benzene rings is 1. The predicted molar refractivity (Wildman–Crippen MR) is 88.8 cm³/mol. The fraction of sp³-hybridized carbons (Fsp3) is 0.333. The van der Waals surface area contributed by atoms with Gasteiger partial charge in [0.15, 0.2) is 5.11 Å². The smallest absolute Gasteiger partial charge is 0.170 e. The molecule has 1 aromatic heterocycles. The van der Waals surface area contributed by atoms with Crippen LogP contribution in [0.2, 0.25) is 0 Å². The van der Waals surface area contributed by atoms with Crippen LogP contribution in [0.5, 0.6) is 5.75 Å². The highest BCUT2D eigenvalue weighted by Crippen LogP contribution is 2.22. The summed E-state index contributed by atoms with van der Waals surface area (Å²) >= 11 is 5.28. The monoisotopic (exact) mass is 304 g/mol. The molecule has 0 aliphatic heterocycles. The lowest BCUT2D eigenvalue weighted by Crippen LogP contribution is -2.30. The Labute approximate surface area is 130 Å². The third kappa shape index (κ3) is 4.75. The molecule has 2 N–H and O–H groups in total. The number of rotatable bonds is 6. The number of ether oxygens (including phenoxy) is 1. The van der Waals surface area contributed by atoms with E-state index >= 15 is 0 Å². The van der Waals surface area contributed by atoms with Crippen molar-refractivity contribution >= 4 is 23.0 Å². The first-order valence-electron chi connectivity index (χ1n) is 6.86. The van der Waals surface area contributed by atoms with Gasteiger partial charge in [-0.3, -0.25) is 4.68 Å². The molecule has 0 saturated carbocycles. The second-order valence-electron chi connectivity index (χ2n) is 4.72. The van der Waals surface area contributed by atoms with Crippen molar-refractivity contribution < 1.29 is 4.74 Å². The van der Waals surface area contributed by atoms with Crippen molar-refractivity contribution in [1.29, 1.82) is 0 Å². The summed E-state index contributed by atoms with van der Waals surface area (Å²) in [6.45, 7) is 3.70. The number of hydrogen-bond donors (Lipinski definition) is 2. The quantitative estimate of drug-likeness (QED) is 0.634. The van der Waals surface area contributed by atoms with E-state index in [9.17, 15) is 0 Å². The summed E-state index contributed by atoms with van der Waals surface area (Å²) in [6, 6.07) is 7.68. The molecule has 6 heteroatoms. The van der Waals surface area contributed by atoms with Crippen molar-refractivity contribution in [2.24, 2.45) is 0 Å².